The fourth-order valence-corrected chi connectivity index (χ4v) is 4.90. The number of benzene rings is 2. The second kappa shape index (κ2) is 18.1. The maximum atomic E-state index is 2.40. The van der Waals surface area contributed by atoms with Gasteiger partial charge in [0.05, 0.1) is 0 Å². The Morgan fingerprint density at radius 3 is 1.10 bits per heavy atom. The van der Waals surface area contributed by atoms with E-state index in [-0.39, 0.29) is 30.3 Å². The quantitative estimate of drug-likeness (QED) is 0.179. The fourth-order valence-electron chi connectivity index (χ4n) is 4.90. The van der Waals surface area contributed by atoms with Crippen molar-refractivity contribution in [2.24, 2.45) is 0 Å². The molecule has 0 amide bonds. The van der Waals surface area contributed by atoms with Crippen LogP contribution < -0.4 is 24.8 Å². The molecule has 0 N–H and O–H groups in total. The minimum Gasteiger partial charge on any atom is -1.00 e. The summed E-state index contributed by atoms with van der Waals surface area (Å²) in [6, 6.07) is 19.0. The first-order valence-corrected chi connectivity index (χ1v) is 22.7. The summed E-state index contributed by atoms with van der Waals surface area (Å²) in [5.41, 5.74) is 9.13. The molecule has 0 saturated carbocycles. The van der Waals surface area contributed by atoms with Gasteiger partial charge in [0.1, 0.15) is 0 Å². The van der Waals surface area contributed by atoms with Gasteiger partial charge in [-0.25, -0.2) is 0 Å². The van der Waals surface area contributed by atoms with Crippen molar-refractivity contribution >= 4 is 27.0 Å². The van der Waals surface area contributed by atoms with E-state index >= 15 is 0 Å². The number of hydrogen-bond donors (Lipinski definition) is 0. The van der Waals surface area contributed by atoms with Gasteiger partial charge in [-0.3, -0.25) is 0 Å². The van der Waals surface area contributed by atoms with Crippen molar-refractivity contribution in [3.63, 3.8) is 0 Å². The minimum atomic E-state index is 0. The molecule has 220 valence electrons. The molecule has 0 aliphatic carbocycles. The minimum absolute atomic E-state index is 0. The summed E-state index contributed by atoms with van der Waals surface area (Å²) in [6.07, 6.45) is 2.26. The molecule has 0 aliphatic heterocycles. The van der Waals surface area contributed by atoms with Crippen molar-refractivity contribution in [2.75, 3.05) is 0 Å². The maximum absolute atomic E-state index is 2.40. The molecule has 0 radical (unpaired) electrons. The molecule has 0 atom stereocenters. The van der Waals surface area contributed by atoms with Crippen LogP contribution in [0.3, 0.4) is 0 Å². The second-order valence-corrected chi connectivity index (χ2v) is 25.1. The topological polar surface area (TPSA) is 0 Å². The van der Waals surface area contributed by atoms with Crippen LogP contribution in [0.1, 0.15) is 126 Å². The molecule has 4 aromatic carbocycles. The predicted octanol–water partition coefficient (Wildman–Crippen LogP) is 5.53. The number of hydrogen-bond acceptors (Lipinski definition) is 0. The zero-order valence-corrected chi connectivity index (χ0v) is 33.2. The largest absolute Gasteiger partial charge is 1.00 e. The van der Waals surface area contributed by atoms with Gasteiger partial charge in [0.15, 0.2) is 0 Å². The molecule has 0 heterocycles. The van der Waals surface area contributed by atoms with E-state index in [1.54, 1.807) is 0 Å². The van der Waals surface area contributed by atoms with Crippen LogP contribution in [-0.2, 0) is 35.8 Å². The van der Waals surface area contributed by atoms with E-state index in [0.717, 1.165) is 12.8 Å². The van der Waals surface area contributed by atoms with Gasteiger partial charge in [0.25, 0.3) is 0 Å². The third kappa shape index (κ3) is 10.9. The Hall–Kier alpha value is -0.673. The fraction of sp³-hybridized carbons (Fsp3) is 0.500. The van der Waals surface area contributed by atoms with E-state index in [1.807, 2.05) is 0 Å². The van der Waals surface area contributed by atoms with Gasteiger partial charge in [-0.1, -0.05) is 104 Å². The Kier molecular flexibility index (Phi) is 17.8. The summed E-state index contributed by atoms with van der Waals surface area (Å²) in [5, 5.41) is 5.77. The summed E-state index contributed by atoms with van der Waals surface area (Å²) in [4.78, 5) is 0. The molecule has 4 heteroatoms. The van der Waals surface area contributed by atoms with Crippen LogP contribution >= 0.6 is 0 Å². The van der Waals surface area contributed by atoms with Gasteiger partial charge in [-0.05, 0) is 36.5 Å². The summed E-state index contributed by atoms with van der Waals surface area (Å²) in [7, 11) is 0. The normalized spacial score (nSPS) is 10.8. The van der Waals surface area contributed by atoms with Crippen LogP contribution in [0, 0.1) is 0 Å². The number of aryl methyl sites for hydroxylation is 2. The maximum Gasteiger partial charge on any atom is -1.00 e. The first-order valence-electron chi connectivity index (χ1n) is 14.8. The van der Waals surface area contributed by atoms with Crippen LogP contribution in [0.2, 0.25) is 13.1 Å². The van der Waals surface area contributed by atoms with E-state index in [1.165, 1.54) is 77.9 Å². The van der Waals surface area contributed by atoms with Crippen molar-refractivity contribution in [3.05, 3.63) is 81.9 Å². The summed E-state index contributed by atoms with van der Waals surface area (Å²) in [5.74, 6) is 2.42. The third-order valence-corrected chi connectivity index (χ3v) is 7.27. The molecule has 0 unspecified atom stereocenters. The number of rotatable bonds is 6. The number of fused-ring (bicyclic) bond motifs is 2. The van der Waals surface area contributed by atoms with Crippen LogP contribution in [0.5, 0.6) is 0 Å². The molecule has 40 heavy (non-hydrogen) atoms. The Balaban J connectivity index is 0.000000643. The number of halogens is 2. The van der Waals surface area contributed by atoms with Crippen molar-refractivity contribution in [1.82, 2.24) is 0 Å². The van der Waals surface area contributed by atoms with Gasteiger partial charge in [0, 0.05) is 0 Å². The average Bonchev–Trinajstić information content (AvgIpc) is 3.45. The van der Waals surface area contributed by atoms with Gasteiger partial charge in [-0.2, -0.15) is 12.1 Å². The van der Waals surface area contributed by atoms with Crippen LogP contribution in [0.4, 0.5) is 0 Å². The SMILES string of the molecule is CCc1cc2c(C(C)C)cc(C(C)C)cc2[cH-]1.CCc1cc2c(C(C)C)cc(C(C)C)cc2[cH-]1.C[Si](C)=[Hf+2].[Cl-].[Cl-]. The molecule has 0 saturated heterocycles. The van der Waals surface area contributed by atoms with Crippen LogP contribution in [0.15, 0.2) is 48.5 Å². The van der Waals surface area contributed by atoms with Gasteiger partial charge < -0.3 is 24.8 Å². The zero-order chi connectivity index (χ0) is 28.7. The van der Waals surface area contributed by atoms with Crippen molar-refractivity contribution in [3.8, 4) is 0 Å². The zero-order valence-electron chi connectivity index (χ0n) is 27.1. The van der Waals surface area contributed by atoms with Crippen LogP contribution in [0.25, 0.3) is 21.5 Å². The molecule has 4 aromatic rings. The Morgan fingerprint density at radius 1 is 0.575 bits per heavy atom. The first kappa shape index (κ1) is 39.3. The van der Waals surface area contributed by atoms with E-state index in [4.69, 9.17) is 0 Å². The molecule has 0 aromatic heterocycles. The molecule has 0 spiro atoms. The second-order valence-electron chi connectivity index (χ2n) is 12.3. The first-order chi connectivity index (χ1) is 17.8. The molecule has 4 rings (SSSR count). The molecule has 0 aliphatic rings. The van der Waals surface area contributed by atoms with Crippen molar-refractivity contribution < 1.29 is 47.8 Å². The third-order valence-electron chi connectivity index (χ3n) is 7.27. The summed E-state index contributed by atoms with van der Waals surface area (Å²) < 4.78 is 0. The van der Waals surface area contributed by atoms with E-state index in [2.05, 4.69) is 131 Å². The van der Waals surface area contributed by atoms with E-state index in [0.29, 0.717) is 23.7 Å². The predicted molar refractivity (Wildman–Crippen MR) is 172 cm³/mol. The van der Waals surface area contributed by atoms with E-state index in [9.17, 15) is 0 Å². The van der Waals surface area contributed by atoms with E-state index < -0.39 is 0 Å². The molecular weight excluding hydrogens is 710 g/mol. The molecular formula is C36H52Cl2HfSi-2. The van der Waals surface area contributed by atoms with Gasteiger partial charge in [0.2, 0.25) is 0 Å². The summed E-state index contributed by atoms with van der Waals surface area (Å²) >= 11 is 1.45. The molecule has 0 bridgehead atoms. The van der Waals surface area contributed by atoms with Crippen molar-refractivity contribution in [1.29, 1.82) is 0 Å². The molecule has 0 fully saturated rings. The van der Waals surface area contributed by atoms with Crippen LogP contribution in [-0.4, -0.2) is 5.49 Å². The monoisotopic (exact) mass is 762 g/mol. The smallest absolute Gasteiger partial charge is 1.00 e. The summed E-state index contributed by atoms with van der Waals surface area (Å²) in [6.45, 7) is 27.4. The Morgan fingerprint density at radius 2 is 0.875 bits per heavy atom. The van der Waals surface area contributed by atoms with Gasteiger partial charge >= 0.3 is 41.6 Å². The standard InChI is InChI=1S/2C17H23.C2H6Si.2ClH.Hf/c2*1-6-13-7-15-9-14(11(2)3)10-16(12(4)5)17(15)8-13;1-3-2;;;/h2*7-12H,6H2,1-5H3;1-2H3;2*1H;/q2*-1;;;;+2/p-2. The Labute approximate surface area is 273 Å². The Bertz CT molecular complexity index is 1240. The average molecular weight is 762 g/mol. The van der Waals surface area contributed by atoms with Gasteiger partial charge in [-0.15, -0.1) is 56.9 Å². The molecule has 0 nitrogen and oxygen atoms in total. The van der Waals surface area contributed by atoms with Crippen molar-refractivity contribution in [2.45, 2.75) is 119 Å².